The molecule has 0 fully saturated rings. The van der Waals surface area contributed by atoms with Gasteiger partial charge in [0.25, 0.3) is 0 Å². The molecule has 6 nitrogen and oxygen atoms in total. The first kappa shape index (κ1) is 18.2. The Morgan fingerprint density at radius 2 is 2.16 bits per heavy atom. The van der Waals surface area contributed by atoms with Gasteiger partial charge in [-0.3, -0.25) is 0 Å². The Balaban J connectivity index is 1.95. The summed E-state index contributed by atoms with van der Waals surface area (Å²) in [5.41, 5.74) is 2.35. The lowest BCUT2D eigenvalue weighted by Gasteiger charge is -2.18. The highest BCUT2D eigenvalue weighted by Gasteiger charge is 2.14. The van der Waals surface area contributed by atoms with Crippen LogP contribution in [-0.2, 0) is 0 Å². The molecular weight excluding hydrogens is 404 g/mol. The minimum atomic E-state index is -0.489. The molecule has 0 unspecified atom stereocenters. The van der Waals surface area contributed by atoms with Crippen LogP contribution in [0.15, 0.2) is 41.0 Å². The van der Waals surface area contributed by atoms with Crippen LogP contribution in [0.4, 0.5) is 5.82 Å². The van der Waals surface area contributed by atoms with Gasteiger partial charge >= 0.3 is 7.05 Å². The van der Waals surface area contributed by atoms with E-state index in [-0.39, 0.29) is 0 Å². The number of hydrogen-bond donors (Lipinski definition) is 2. The van der Waals surface area contributed by atoms with Crippen molar-refractivity contribution in [2.24, 2.45) is 0 Å². The van der Waals surface area contributed by atoms with Crippen molar-refractivity contribution in [2.45, 2.75) is 6.82 Å². The maximum atomic E-state index is 9.57. The average molecular weight is 423 g/mol. The second-order valence-corrected chi connectivity index (χ2v) is 7.04. The van der Waals surface area contributed by atoms with Crippen molar-refractivity contribution in [1.82, 2.24) is 19.4 Å². The van der Waals surface area contributed by atoms with Gasteiger partial charge in [0, 0.05) is 29.7 Å². The SMILES string of the molecule is CB(O)N(C)CCNc1cc(-c2ccccc2Cl)nc2c(Br)cnn12. The molecule has 9 heteroatoms. The van der Waals surface area contributed by atoms with E-state index in [9.17, 15) is 5.02 Å². The second kappa shape index (κ2) is 7.74. The van der Waals surface area contributed by atoms with Crippen LogP contribution in [0.1, 0.15) is 0 Å². The lowest BCUT2D eigenvalue weighted by Crippen LogP contribution is -2.36. The lowest BCUT2D eigenvalue weighted by molar-refractivity contribution is 0.428. The summed E-state index contributed by atoms with van der Waals surface area (Å²) in [7, 11) is 1.38. The fourth-order valence-electron chi connectivity index (χ4n) is 2.42. The number of nitrogens with zero attached hydrogens (tertiary/aromatic N) is 4. The van der Waals surface area contributed by atoms with Crippen LogP contribution >= 0.6 is 27.5 Å². The number of likely N-dealkylation sites (N-methyl/N-ethyl adjacent to an activating group) is 1. The molecule has 0 aliphatic carbocycles. The quantitative estimate of drug-likeness (QED) is 0.597. The zero-order valence-corrected chi connectivity index (χ0v) is 16.3. The topological polar surface area (TPSA) is 65.7 Å². The van der Waals surface area contributed by atoms with Gasteiger partial charge in [0.15, 0.2) is 5.65 Å². The molecule has 0 aliphatic rings. The van der Waals surface area contributed by atoms with Gasteiger partial charge in [0.1, 0.15) is 5.82 Å². The minimum absolute atomic E-state index is 0.489. The van der Waals surface area contributed by atoms with Crippen LogP contribution in [0.5, 0.6) is 0 Å². The summed E-state index contributed by atoms with van der Waals surface area (Å²) in [5, 5.41) is 17.9. The van der Waals surface area contributed by atoms with E-state index in [1.165, 1.54) is 0 Å². The van der Waals surface area contributed by atoms with Crippen LogP contribution < -0.4 is 5.32 Å². The summed E-state index contributed by atoms with van der Waals surface area (Å²) < 4.78 is 2.55. The molecule has 0 radical (unpaired) electrons. The molecule has 130 valence electrons. The van der Waals surface area contributed by atoms with Gasteiger partial charge in [0.05, 0.1) is 16.4 Å². The number of benzene rings is 1. The zero-order chi connectivity index (χ0) is 18.0. The standard InChI is InChI=1S/C16H18BBrClN5O/c1-17(25)23(2)8-7-20-15-9-14(11-5-3-4-6-13(11)19)22-16-12(18)10-21-24(15)16/h3-6,9-10,20,25H,7-8H2,1-2H3. The molecule has 2 aromatic heterocycles. The van der Waals surface area contributed by atoms with E-state index in [1.54, 1.807) is 17.5 Å². The van der Waals surface area contributed by atoms with E-state index in [0.717, 1.165) is 21.5 Å². The highest BCUT2D eigenvalue weighted by atomic mass is 79.9. The second-order valence-electron chi connectivity index (χ2n) is 5.77. The van der Waals surface area contributed by atoms with Gasteiger partial charge in [-0.1, -0.05) is 29.8 Å². The number of anilines is 1. The third kappa shape index (κ3) is 3.98. The third-order valence-electron chi connectivity index (χ3n) is 3.99. The third-order valence-corrected chi connectivity index (χ3v) is 4.88. The Morgan fingerprint density at radius 3 is 2.88 bits per heavy atom. The van der Waals surface area contributed by atoms with Crippen LogP contribution in [0.25, 0.3) is 16.9 Å². The van der Waals surface area contributed by atoms with E-state index in [2.05, 4.69) is 31.3 Å². The van der Waals surface area contributed by atoms with Crippen molar-refractivity contribution in [3.05, 3.63) is 46.0 Å². The zero-order valence-electron chi connectivity index (χ0n) is 13.9. The Bertz CT molecular complexity index is 888. The molecule has 2 N–H and O–H groups in total. The average Bonchev–Trinajstić information content (AvgIpc) is 2.96. The first-order valence-electron chi connectivity index (χ1n) is 7.88. The van der Waals surface area contributed by atoms with Crippen molar-refractivity contribution in [3.8, 4) is 11.3 Å². The van der Waals surface area contributed by atoms with Crippen molar-refractivity contribution in [2.75, 3.05) is 25.5 Å². The molecule has 25 heavy (non-hydrogen) atoms. The Kier molecular flexibility index (Phi) is 5.63. The van der Waals surface area contributed by atoms with Gasteiger partial charge in [-0.25, -0.2) is 4.98 Å². The summed E-state index contributed by atoms with van der Waals surface area (Å²) in [6, 6.07) is 9.54. The minimum Gasteiger partial charge on any atom is -0.437 e. The number of rotatable bonds is 6. The highest BCUT2D eigenvalue weighted by molar-refractivity contribution is 9.10. The Morgan fingerprint density at radius 1 is 1.40 bits per heavy atom. The van der Waals surface area contributed by atoms with Crippen LogP contribution in [0.3, 0.4) is 0 Å². The molecule has 3 rings (SSSR count). The van der Waals surface area contributed by atoms with Crippen LogP contribution in [0, 0.1) is 0 Å². The summed E-state index contributed by atoms with van der Waals surface area (Å²) in [4.78, 5) is 6.52. The molecule has 0 spiro atoms. The van der Waals surface area contributed by atoms with Crippen LogP contribution in [0.2, 0.25) is 11.8 Å². The van der Waals surface area contributed by atoms with Gasteiger partial charge in [0.2, 0.25) is 0 Å². The van der Waals surface area contributed by atoms with Crippen molar-refractivity contribution < 1.29 is 5.02 Å². The first-order chi connectivity index (χ1) is 12.0. The Labute approximate surface area is 160 Å². The maximum Gasteiger partial charge on any atom is 0.376 e. The number of halogens is 2. The predicted octanol–water partition coefficient (Wildman–Crippen LogP) is 3.27. The molecule has 2 heterocycles. The van der Waals surface area contributed by atoms with Crippen LogP contribution in [-0.4, -0.2) is 51.6 Å². The molecule has 0 atom stereocenters. The van der Waals surface area contributed by atoms with Crippen molar-refractivity contribution in [3.63, 3.8) is 0 Å². The maximum absolute atomic E-state index is 9.57. The van der Waals surface area contributed by atoms with E-state index in [4.69, 9.17) is 11.6 Å². The molecule has 1 aromatic carbocycles. The number of aromatic nitrogens is 3. The van der Waals surface area contributed by atoms with E-state index in [1.807, 2.05) is 42.2 Å². The van der Waals surface area contributed by atoms with E-state index < -0.39 is 7.05 Å². The van der Waals surface area contributed by atoms with Gasteiger partial charge in [-0.2, -0.15) is 9.61 Å². The fourth-order valence-corrected chi connectivity index (χ4v) is 3.00. The molecule has 0 bridgehead atoms. The smallest absolute Gasteiger partial charge is 0.376 e. The van der Waals surface area contributed by atoms with E-state index in [0.29, 0.717) is 23.8 Å². The molecule has 0 saturated heterocycles. The summed E-state index contributed by atoms with van der Waals surface area (Å²) in [6.45, 7) is 3.08. The van der Waals surface area contributed by atoms with Gasteiger partial charge in [-0.05, 0) is 35.9 Å². The molecule has 3 aromatic rings. The Hall–Kier alpha value is -1.61. The highest BCUT2D eigenvalue weighted by Crippen LogP contribution is 2.30. The van der Waals surface area contributed by atoms with Crippen molar-refractivity contribution >= 4 is 46.0 Å². The number of nitrogens with one attached hydrogen (secondary N) is 1. The first-order valence-corrected chi connectivity index (χ1v) is 9.06. The molecule has 0 amide bonds. The molecular formula is C16H18BBrClN5O. The fraction of sp³-hybridized carbons (Fsp3) is 0.250. The summed E-state index contributed by atoms with van der Waals surface area (Å²) in [6.07, 6.45) is 1.71. The summed E-state index contributed by atoms with van der Waals surface area (Å²) >= 11 is 9.82. The van der Waals surface area contributed by atoms with Gasteiger partial charge in [-0.15, -0.1) is 0 Å². The monoisotopic (exact) mass is 421 g/mol. The summed E-state index contributed by atoms with van der Waals surface area (Å²) in [5.74, 6) is 0.810. The number of hydrogen-bond acceptors (Lipinski definition) is 5. The van der Waals surface area contributed by atoms with Gasteiger partial charge < -0.3 is 15.2 Å². The molecule has 0 aliphatic heterocycles. The van der Waals surface area contributed by atoms with E-state index >= 15 is 0 Å². The predicted molar refractivity (Wildman–Crippen MR) is 106 cm³/mol. The normalized spacial score (nSPS) is 11.3. The van der Waals surface area contributed by atoms with Crippen molar-refractivity contribution in [1.29, 1.82) is 0 Å². The number of fused-ring (bicyclic) bond motifs is 1. The largest absolute Gasteiger partial charge is 0.437 e. The lowest BCUT2D eigenvalue weighted by atomic mass is 9.86. The molecule has 0 saturated carbocycles.